The van der Waals surface area contributed by atoms with Gasteiger partial charge in [0.05, 0.1) is 6.04 Å². The zero-order chi connectivity index (χ0) is 17.9. The summed E-state index contributed by atoms with van der Waals surface area (Å²) in [6.07, 6.45) is 1.70. The van der Waals surface area contributed by atoms with E-state index in [0.29, 0.717) is 5.52 Å². The lowest BCUT2D eigenvalue weighted by molar-refractivity contribution is 0.472. The number of halogens is 1. The molecular weight excluding hydrogens is 388 g/mol. The second kappa shape index (κ2) is 7.18. The lowest BCUT2D eigenvalue weighted by Crippen LogP contribution is -2.13. The number of pyridine rings is 1. The number of phenols is 1. The van der Waals surface area contributed by atoms with Crippen LogP contribution in [0.4, 0.5) is 5.69 Å². The fourth-order valence-corrected chi connectivity index (χ4v) is 3.50. The number of anilines is 1. The molecule has 0 amide bonds. The highest BCUT2D eigenvalue weighted by atomic mass is 79.9. The molecule has 0 radical (unpaired) electrons. The molecule has 0 bridgehead atoms. The molecule has 4 rings (SSSR count). The van der Waals surface area contributed by atoms with Crippen molar-refractivity contribution >= 4 is 32.5 Å². The van der Waals surface area contributed by atoms with Gasteiger partial charge in [-0.05, 0) is 39.7 Å². The van der Waals surface area contributed by atoms with Gasteiger partial charge in [-0.3, -0.25) is 4.98 Å². The molecule has 4 heteroatoms. The van der Waals surface area contributed by atoms with Crippen molar-refractivity contribution in [2.45, 2.75) is 6.04 Å². The van der Waals surface area contributed by atoms with Crippen LogP contribution in [-0.4, -0.2) is 10.1 Å². The molecule has 0 spiro atoms. The van der Waals surface area contributed by atoms with Gasteiger partial charge in [0.2, 0.25) is 0 Å². The quantitative estimate of drug-likeness (QED) is 0.444. The van der Waals surface area contributed by atoms with E-state index < -0.39 is 0 Å². The highest BCUT2D eigenvalue weighted by molar-refractivity contribution is 9.10. The SMILES string of the molecule is Oc1c(C(Nc2ccccc2Br)c2ccccc2)ccc2cccnc12. The molecule has 0 aliphatic carbocycles. The number of aromatic nitrogens is 1. The topological polar surface area (TPSA) is 45.1 Å². The molecule has 128 valence electrons. The summed E-state index contributed by atoms with van der Waals surface area (Å²) in [6.45, 7) is 0. The van der Waals surface area contributed by atoms with Gasteiger partial charge in [-0.25, -0.2) is 0 Å². The van der Waals surface area contributed by atoms with Gasteiger partial charge in [0.1, 0.15) is 11.3 Å². The molecule has 0 fully saturated rings. The van der Waals surface area contributed by atoms with Crippen LogP contribution >= 0.6 is 15.9 Å². The Hall–Kier alpha value is -2.85. The van der Waals surface area contributed by atoms with Crippen molar-refractivity contribution in [1.82, 2.24) is 4.98 Å². The first kappa shape index (κ1) is 16.6. The van der Waals surface area contributed by atoms with Gasteiger partial charge >= 0.3 is 0 Å². The number of hydrogen-bond acceptors (Lipinski definition) is 3. The summed E-state index contributed by atoms with van der Waals surface area (Å²) in [5, 5.41) is 15.4. The van der Waals surface area contributed by atoms with E-state index >= 15 is 0 Å². The Labute approximate surface area is 160 Å². The largest absolute Gasteiger partial charge is 0.505 e. The predicted octanol–water partition coefficient (Wildman–Crippen LogP) is 5.90. The number of nitrogens with one attached hydrogen (secondary N) is 1. The highest BCUT2D eigenvalue weighted by Crippen LogP contribution is 2.37. The van der Waals surface area contributed by atoms with Gasteiger partial charge in [-0.1, -0.05) is 60.7 Å². The Bertz CT molecular complexity index is 1050. The maximum atomic E-state index is 10.9. The highest BCUT2D eigenvalue weighted by Gasteiger charge is 2.20. The number of nitrogens with zero attached hydrogens (tertiary/aromatic N) is 1. The van der Waals surface area contributed by atoms with Gasteiger partial charge in [-0.2, -0.15) is 0 Å². The van der Waals surface area contributed by atoms with Crippen molar-refractivity contribution in [1.29, 1.82) is 0 Å². The van der Waals surface area contributed by atoms with Crippen LogP contribution < -0.4 is 5.32 Å². The van der Waals surface area contributed by atoms with Crippen LogP contribution in [0.1, 0.15) is 17.2 Å². The number of para-hydroxylation sites is 1. The summed E-state index contributed by atoms with van der Waals surface area (Å²) in [7, 11) is 0. The van der Waals surface area contributed by atoms with Crippen LogP contribution in [0.5, 0.6) is 5.75 Å². The summed E-state index contributed by atoms with van der Waals surface area (Å²) in [6, 6.07) is 25.6. The molecule has 0 saturated heterocycles. The molecule has 1 unspecified atom stereocenters. The Morgan fingerprint density at radius 3 is 2.42 bits per heavy atom. The summed E-state index contributed by atoms with van der Waals surface area (Å²) < 4.78 is 0.972. The Kier molecular flexibility index (Phi) is 4.59. The first-order valence-corrected chi connectivity index (χ1v) is 9.16. The van der Waals surface area contributed by atoms with Crippen molar-refractivity contribution in [3.8, 4) is 5.75 Å². The molecule has 1 aromatic heterocycles. The molecule has 0 aliphatic rings. The lowest BCUT2D eigenvalue weighted by Gasteiger charge is -2.23. The van der Waals surface area contributed by atoms with Gasteiger partial charge in [0, 0.05) is 27.3 Å². The second-order valence-electron chi connectivity index (χ2n) is 6.05. The van der Waals surface area contributed by atoms with Crippen molar-refractivity contribution < 1.29 is 5.11 Å². The summed E-state index contributed by atoms with van der Waals surface area (Å²) in [5.74, 6) is 0.205. The van der Waals surface area contributed by atoms with Crippen molar-refractivity contribution in [2.75, 3.05) is 5.32 Å². The van der Waals surface area contributed by atoms with Crippen LogP contribution in [0.3, 0.4) is 0 Å². The van der Waals surface area contributed by atoms with E-state index in [1.54, 1.807) is 6.20 Å². The molecule has 3 aromatic carbocycles. The zero-order valence-corrected chi connectivity index (χ0v) is 15.5. The molecule has 0 aliphatic heterocycles. The lowest BCUT2D eigenvalue weighted by atomic mass is 9.96. The molecule has 26 heavy (non-hydrogen) atoms. The van der Waals surface area contributed by atoms with Crippen LogP contribution in [0.15, 0.2) is 89.5 Å². The minimum absolute atomic E-state index is 0.205. The minimum atomic E-state index is -0.207. The van der Waals surface area contributed by atoms with E-state index in [-0.39, 0.29) is 11.8 Å². The molecule has 1 atom stereocenters. The van der Waals surface area contributed by atoms with E-state index in [1.807, 2.05) is 66.7 Å². The van der Waals surface area contributed by atoms with Crippen LogP contribution in [-0.2, 0) is 0 Å². The van der Waals surface area contributed by atoms with Gasteiger partial charge < -0.3 is 10.4 Å². The predicted molar refractivity (Wildman–Crippen MR) is 109 cm³/mol. The minimum Gasteiger partial charge on any atom is -0.505 e. The van der Waals surface area contributed by atoms with E-state index in [4.69, 9.17) is 0 Å². The summed E-state index contributed by atoms with van der Waals surface area (Å²) in [5.41, 5.74) is 3.42. The van der Waals surface area contributed by atoms with Crippen molar-refractivity contribution in [3.63, 3.8) is 0 Å². The van der Waals surface area contributed by atoms with E-state index in [2.05, 4.69) is 38.4 Å². The Balaban J connectivity index is 1.86. The van der Waals surface area contributed by atoms with Crippen LogP contribution in [0, 0.1) is 0 Å². The number of fused-ring (bicyclic) bond motifs is 1. The molecule has 1 heterocycles. The standard InChI is InChI=1S/C22H17BrN2O/c23-18-10-4-5-11-19(18)25-20(15-7-2-1-3-8-15)17-13-12-16-9-6-14-24-21(16)22(17)26/h1-14,20,25-26H. The van der Waals surface area contributed by atoms with Crippen LogP contribution in [0.25, 0.3) is 10.9 Å². The van der Waals surface area contributed by atoms with Crippen molar-refractivity contribution in [2.24, 2.45) is 0 Å². The molecule has 2 N–H and O–H groups in total. The summed E-state index contributed by atoms with van der Waals surface area (Å²) in [4.78, 5) is 4.36. The first-order valence-electron chi connectivity index (χ1n) is 8.36. The Morgan fingerprint density at radius 1 is 0.846 bits per heavy atom. The Morgan fingerprint density at radius 2 is 1.62 bits per heavy atom. The average molecular weight is 405 g/mol. The monoisotopic (exact) mass is 404 g/mol. The maximum Gasteiger partial charge on any atom is 0.147 e. The number of aromatic hydroxyl groups is 1. The third-order valence-electron chi connectivity index (χ3n) is 4.40. The van der Waals surface area contributed by atoms with Gasteiger partial charge in [-0.15, -0.1) is 0 Å². The maximum absolute atomic E-state index is 10.9. The normalized spacial score (nSPS) is 12.0. The smallest absolute Gasteiger partial charge is 0.147 e. The molecule has 3 nitrogen and oxygen atoms in total. The molecule has 4 aromatic rings. The molecular formula is C22H17BrN2O. The number of benzene rings is 3. The number of hydrogen-bond donors (Lipinski definition) is 2. The fourth-order valence-electron chi connectivity index (χ4n) is 3.10. The molecule has 0 saturated carbocycles. The third kappa shape index (κ3) is 3.16. The van der Waals surface area contributed by atoms with E-state index in [1.165, 1.54) is 0 Å². The third-order valence-corrected chi connectivity index (χ3v) is 5.09. The van der Waals surface area contributed by atoms with E-state index in [0.717, 1.165) is 26.7 Å². The summed E-state index contributed by atoms with van der Waals surface area (Å²) >= 11 is 3.59. The average Bonchev–Trinajstić information content (AvgIpc) is 2.69. The second-order valence-corrected chi connectivity index (χ2v) is 6.90. The van der Waals surface area contributed by atoms with Crippen molar-refractivity contribution in [3.05, 3.63) is 101 Å². The van der Waals surface area contributed by atoms with Crippen LogP contribution in [0.2, 0.25) is 0 Å². The number of rotatable bonds is 4. The fraction of sp³-hybridized carbons (Fsp3) is 0.0455. The van der Waals surface area contributed by atoms with Gasteiger partial charge in [0.25, 0.3) is 0 Å². The zero-order valence-electron chi connectivity index (χ0n) is 13.9. The first-order chi connectivity index (χ1) is 12.7. The van der Waals surface area contributed by atoms with E-state index in [9.17, 15) is 5.11 Å². The number of phenolic OH excluding ortho intramolecular Hbond substituents is 1. The van der Waals surface area contributed by atoms with Gasteiger partial charge in [0.15, 0.2) is 0 Å².